The summed E-state index contributed by atoms with van der Waals surface area (Å²) in [5, 5.41) is 7.47. The molecule has 1 saturated heterocycles. The van der Waals surface area contributed by atoms with E-state index in [0.29, 0.717) is 43.8 Å². The average Bonchev–Trinajstić information content (AvgIpc) is 3.24. The van der Waals surface area contributed by atoms with E-state index in [0.717, 1.165) is 29.9 Å². The number of methoxy groups -OCH3 is 1. The largest absolute Gasteiger partial charge is 0.493 e. The average molecular weight is 548 g/mol. The maximum absolute atomic E-state index is 9.19. The van der Waals surface area contributed by atoms with E-state index in [1.807, 2.05) is 48.5 Å². The normalized spacial score (nSPS) is 16.3. The van der Waals surface area contributed by atoms with Crippen molar-refractivity contribution in [2.75, 3.05) is 39.3 Å². The first-order valence-corrected chi connectivity index (χ1v) is 14.3. The van der Waals surface area contributed by atoms with Gasteiger partial charge in [-0.1, -0.05) is 41.6 Å². The quantitative estimate of drug-likeness (QED) is 0.276. The molecule has 0 aliphatic carbocycles. The highest BCUT2D eigenvalue weighted by molar-refractivity contribution is 7.85. The Morgan fingerprint density at radius 3 is 2.14 bits per heavy atom. The molecule has 0 radical (unpaired) electrons. The lowest BCUT2D eigenvalue weighted by Gasteiger charge is -2.12. The minimum absolute atomic E-state index is 0.262. The minimum Gasteiger partial charge on any atom is -0.493 e. The van der Waals surface area contributed by atoms with Crippen LogP contribution in [0, 0.1) is 5.92 Å². The monoisotopic (exact) mass is 547 g/mol. The molecule has 2 aromatic carbocycles. The van der Waals surface area contributed by atoms with E-state index in [9.17, 15) is 16.8 Å². The number of hydrogen-bond donors (Lipinski definition) is 4. The summed E-state index contributed by atoms with van der Waals surface area (Å²) in [6.45, 7) is 3.04. The Labute approximate surface area is 211 Å². The molecule has 12 nitrogen and oxygen atoms in total. The fourth-order valence-electron chi connectivity index (χ4n) is 2.81. The van der Waals surface area contributed by atoms with Gasteiger partial charge in [0.1, 0.15) is 13.2 Å². The first-order chi connectivity index (χ1) is 16.8. The smallest absolute Gasteiger partial charge is 0.261 e. The molecular weight excluding hydrogens is 514 g/mol. The van der Waals surface area contributed by atoms with Crippen LogP contribution in [-0.2, 0) is 38.3 Å². The molecule has 0 bridgehead atoms. The molecule has 14 heteroatoms. The molecule has 1 heterocycles. The van der Waals surface area contributed by atoms with Crippen LogP contribution < -0.4 is 20.5 Å². The van der Waals surface area contributed by atoms with Gasteiger partial charge in [0, 0.05) is 25.6 Å². The number of ether oxygens (including phenoxy) is 2. The highest BCUT2D eigenvalue weighted by Crippen LogP contribution is 2.29. The van der Waals surface area contributed by atoms with Crippen molar-refractivity contribution in [3.05, 3.63) is 59.7 Å². The fraction of sp³-hybridized carbons (Fsp3) is 0.409. The van der Waals surface area contributed by atoms with Crippen LogP contribution in [-0.4, -0.2) is 70.9 Å². The van der Waals surface area contributed by atoms with Crippen molar-refractivity contribution in [1.82, 2.24) is 5.32 Å². The lowest BCUT2D eigenvalue weighted by atomic mass is 10.1. The Morgan fingerprint density at radius 2 is 1.58 bits per heavy atom. The summed E-state index contributed by atoms with van der Waals surface area (Å²) in [6, 6.07) is 15.8. The van der Waals surface area contributed by atoms with Crippen LogP contribution in [0.2, 0.25) is 0 Å². The highest BCUT2D eigenvalue weighted by atomic mass is 32.2. The summed E-state index contributed by atoms with van der Waals surface area (Å²) in [5.41, 5.74) is 8.77. The number of nitrogens with two attached hydrogens (primary N) is 1. The van der Waals surface area contributed by atoms with E-state index in [1.54, 1.807) is 7.11 Å². The van der Waals surface area contributed by atoms with Crippen molar-refractivity contribution in [1.29, 1.82) is 0 Å². The van der Waals surface area contributed by atoms with Crippen molar-refractivity contribution < 1.29 is 40.3 Å². The van der Waals surface area contributed by atoms with Crippen LogP contribution in [0.5, 0.6) is 11.5 Å². The summed E-state index contributed by atoms with van der Waals surface area (Å²) in [7, 11) is -5.70. The molecule has 2 aromatic rings. The standard InChI is InChI=1S/C20H25N3O3.2CH4O3S/c1-24-20-9-16(14-26-23-18-12-22-11-17(18)10-21)7-8-19(20)25-13-15-5-3-2-4-6-15;2*1-5(2,3)4/h2-9,17,22H,10-14,21H2,1H3;2*1H3,(H,2,3,4)/b23-18+;;. The Morgan fingerprint density at radius 1 is 0.972 bits per heavy atom. The Kier molecular flexibility index (Phi) is 13.4. The van der Waals surface area contributed by atoms with Gasteiger partial charge in [-0.3, -0.25) is 9.11 Å². The molecule has 5 N–H and O–H groups in total. The molecule has 3 rings (SSSR count). The topological polar surface area (TPSA) is 187 Å². The molecule has 0 saturated carbocycles. The summed E-state index contributed by atoms with van der Waals surface area (Å²) >= 11 is 0. The maximum atomic E-state index is 9.19. The number of rotatable bonds is 8. The van der Waals surface area contributed by atoms with Crippen molar-refractivity contribution in [2.24, 2.45) is 16.8 Å². The zero-order chi connectivity index (χ0) is 27.2. The van der Waals surface area contributed by atoms with Gasteiger partial charge >= 0.3 is 0 Å². The Balaban J connectivity index is 0.000000550. The maximum Gasteiger partial charge on any atom is 0.261 e. The molecule has 202 valence electrons. The summed E-state index contributed by atoms with van der Waals surface area (Å²) in [5.74, 6) is 1.64. The molecule has 36 heavy (non-hydrogen) atoms. The zero-order valence-electron chi connectivity index (χ0n) is 20.3. The molecule has 1 aliphatic rings. The molecule has 0 spiro atoms. The predicted octanol–water partition coefficient (Wildman–Crippen LogP) is 1.33. The van der Waals surface area contributed by atoms with Gasteiger partial charge in [-0.2, -0.15) is 16.8 Å². The van der Waals surface area contributed by atoms with Gasteiger partial charge in [0.25, 0.3) is 20.2 Å². The number of nitrogens with one attached hydrogen (secondary N) is 1. The second kappa shape index (κ2) is 15.4. The van der Waals surface area contributed by atoms with Crippen molar-refractivity contribution in [2.45, 2.75) is 13.2 Å². The number of nitrogens with zero attached hydrogens (tertiary/aromatic N) is 1. The molecule has 1 atom stereocenters. The second-order valence-electron chi connectivity index (χ2n) is 7.65. The van der Waals surface area contributed by atoms with Crippen molar-refractivity contribution >= 4 is 25.9 Å². The Bertz CT molecular complexity index is 1130. The highest BCUT2D eigenvalue weighted by Gasteiger charge is 2.21. The van der Waals surface area contributed by atoms with E-state index in [2.05, 4.69) is 10.5 Å². The van der Waals surface area contributed by atoms with Crippen LogP contribution in [0.4, 0.5) is 0 Å². The molecule has 1 fully saturated rings. The third kappa shape index (κ3) is 15.3. The first-order valence-electron chi connectivity index (χ1n) is 10.6. The van der Waals surface area contributed by atoms with Crippen LogP contribution in [0.15, 0.2) is 53.7 Å². The van der Waals surface area contributed by atoms with E-state index in [4.69, 9.17) is 29.2 Å². The van der Waals surface area contributed by atoms with Gasteiger partial charge in [0.2, 0.25) is 0 Å². The van der Waals surface area contributed by atoms with Gasteiger partial charge in [-0.05, 0) is 23.3 Å². The summed E-state index contributed by atoms with van der Waals surface area (Å²) in [6.07, 6.45) is 1.43. The van der Waals surface area contributed by atoms with E-state index >= 15 is 0 Å². The van der Waals surface area contributed by atoms with Gasteiger partial charge in [-0.15, -0.1) is 0 Å². The Hall–Kier alpha value is -2.75. The van der Waals surface area contributed by atoms with Crippen molar-refractivity contribution in [3.8, 4) is 11.5 Å². The minimum atomic E-state index is -3.67. The second-order valence-corrected chi connectivity index (χ2v) is 10.6. The number of oxime groups is 1. The van der Waals surface area contributed by atoms with Crippen LogP contribution in [0.3, 0.4) is 0 Å². The molecule has 1 aliphatic heterocycles. The molecule has 0 amide bonds. The van der Waals surface area contributed by atoms with Gasteiger partial charge in [-0.25, -0.2) is 0 Å². The molecular formula is C22H33N3O9S2. The first kappa shape index (κ1) is 31.3. The van der Waals surface area contributed by atoms with Crippen LogP contribution >= 0.6 is 0 Å². The number of benzene rings is 2. The van der Waals surface area contributed by atoms with Crippen molar-refractivity contribution in [3.63, 3.8) is 0 Å². The lowest BCUT2D eigenvalue weighted by molar-refractivity contribution is 0.129. The third-order valence-electron chi connectivity index (χ3n) is 4.33. The molecule has 0 aromatic heterocycles. The van der Waals surface area contributed by atoms with E-state index in [-0.39, 0.29) is 5.92 Å². The van der Waals surface area contributed by atoms with Crippen LogP contribution in [0.1, 0.15) is 11.1 Å². The lowest BCUT2D eigenvalue weighted by Crippen LogP contribution is -2.22. The van der Waals surface area contributed by atoms with E-state index < -0.39 is 20.2 Å². The zero-order valence-corrected chi connectivity index (χ0v) is 22.0. The van der Waals surface area contributed by atoms with Crippen LogP contribution in [0.25, 0.3) is 0 Å². The van der Waals surface area contributed by atoms with Gasteiger partial charge < -0.3 is 25.4 Å². The fourth-order valence-corrected chi connectivity index (χ4v) is 2.81. The van der Waals surface area contributed by atoms with E-state index in [1.165, 1.54) is 0 Å². The summed E-state index contributed by atoms with van der Waals surface area (Å²) in [4.78, 5) is 5.50. The van der Waals surface area contributed by atoms with Gasteiger partial charge in [0.05, 0.1) is 25.3 Å². The molecule has 1 unspecified atom stereocenters. The summed E-state index contributed by atoms with van der Waals surface area (Å²) < 4.78 is 63.0. The number of hydrogen-bond acceptors (Lipinski definition) is 10. The predicted molar refractivity (Wildman–Crippen MR) is 136 cm³/mol. The van der Waals surface area contributed by atoms with Gasteiger partial charge in [0.15, 0.2) is 11.5 Å². The third-order valence-corrected chi connectivity index (χ3v) is 4.33. The SMILES string of the molecule is COc1cc(CO/N=C2\CNCC2CN)ccc1OCc1ccccc1.CS(=O)(=O)O.CS(=O)(=O)O.